The smallest absolute Gasteiger partial charge is 0.198 e. The van der Waals surface area contributed by atoms with Crippen LogP contribution >= 0.6 is 0 Å². The van der Waals surface area contributed by atoms with E-state index in [1.54, 1.807) is 0 Å². The predicted molar refractivity (Wildman–Crippen MR) is 90.4 cm³/mol. The fourth-order valence-electron chi connectivity index (χ4n) is 2.80. The third-order valence-corrected chi connectivity index (χ3v) is 3.83. The van der Waals surface area contributed by atoms with Crippen molar-refractivity contribution in [1.82, 2.24) is 15.1 Å². The van der Waals surface area contributed by atoms with Gasteiger partial charge in [-0.3, -0.25) is 9.67 Å². The third-order valence-electron chi connectivity index (χ3n) is 3.83. The largest absolute Gasteiger partial charge is 0.356 e. The van der Waals surface area contributed by atoms with Crippen LogP contribution in [-0.2, 0) is 13.0 Å². The van der Waals surface area contributed by atoms with Crippen LogP contribution in [0.15, 0.2) is 41.7 Å². The first-order valence-corrected chi connectivity index (χ1v) is 7.90. The second-order valence-corrected chi connectivity index (χ2v) is 5.55. The maximum absolute atomic E-state index is 4.77. The van der Waals surface area contributed by atoms with Crippen LogP contribution in [-0.4, -0.2) is 35.4 Å². The van der Waals surface area contributed by atoms with Crippen molar-refractivity contribution in [2.45, 2.75) is 26.8 Å². The number of hydrogen-bond donors (Lipinski definition) is 1. The Morgan fingerprint density at radius 2 is 2.23 bits per heavy atom. The third kappa shape index (κ3) is 3.13. The highest BCUT2D eigenvalue weighted by Gasteiger charge is 2.22. The Bertz CT molecular complexity index is 659. The maximum Gasteiger partial charge on any atom is 0.198 e. The minimum absolute atomic E-state index is 0.724. The summed E-state index contributed by atoms with van der Waals surface area (Å²) in [6.45, 7) is 7.55. The Kier molecular flexibility index (Phi) is 4.42. The van der Waals surface area contributed by atoms with Crippen molar-refractivity contribution >= 4 is 11.6 Å². The van der Waals surface area contributed by atoms with Crippen molar-refractivity contribution in [3.8, 4) is 0 Å². The number of aliphatic imine (C=N–C) groups is 1. The molecular formula is C17H23N5. The van der Waals surface area contributed by atoms with Crippen LogP contribution in [0.3, 0.4) is 0 Å². The van der Waals surface area contributed by atoms with Gasteiger partial charge in [-0.2, -0.15) is 5.10 Å². The molecule has 0 unspecified atom stereocenters. The summed E-state index contributed by atoms with van der Waals surface area (Å²) < 4.78 is 1.94. The molecule has 1 N–H and O–H groups in total. The zero-order chi connectivity index (χ0) is 15.4. The van der Waals surface area contributed by atoms with Gasteiger partial charge in [-0.25, -0.2) is 0 Å². The van der Waals surface area contributed by atoms with E-state index in [4.69, 9.17) is 4.99 Å². The lowest BCUT2D eigenvalue weighted by molar-refractivity contribution is 0.623. The minimum atomic E-state index is 0.724. The van der Waals surface area contributed by atoms with Crippen LogP contribution in [0.4, 0.5) is 5.69 Å². The van der Waals surface area contributed by atoms with E-state index in [1.807, 2.05) is 17.1 Å². The standard InChI is InChI=1S/C17H23N5/c1-3-18-17(19-9-11-21-13-14(2)12-20-21)22-10-8-15-6-4-5-7-16(15)22/h4-7,12-13H,3,8-11H2,1-2H3,(H,18,19). The average molecular weight is 297 g/mol. The van der Waals surface area contributed by atoms with Crippen LogP contribution in [0.1, 0.15) is 18.1 Å². The molecule has 0 saturated heterocycles. The number of benzene rings is 1. The summed E-state index contributed by atoms with van der Waals surface area (Å²) in [6, 6.07) is 8.57. The first kappa shape index (κ1) is 14.6. The summed E-state index contributed by atoms with van der Waals surface area (Å²) in [6.07, 6.45) is 5.01. The van der Waals surface area contributed by atoms with Crippen LogP contribution < -0.4 is 10.2 Å². The fourth-order valence-corrected chi connectivity index (χ4v) is 2.80. The Morgan fingerprint density at radius 1 is 1.36 bits per heavy atom. The van der Waals surface area contributed by atoms with E-state index in [0.717, 1.165) is 38.6 Å². The molecule has 2 heterocycles. The van der Waals surface area contributed by atoms with Crippen molar-refractivity contribution in [2.24, 2.45) is 4.99 Å². The number of guanidine groups is 1. The molecule has 0 atom stereocenters. The molecule has 1 aliphatic heterocycles. The lowest BCUT2D eigenvalue weighted by Gasteiger charge is -2.22. The van der Waals surface area contributed by atoms with E-state index in [2.05, 4.69) is 53.4 Å². The van der Waals surface area contributed by atoms with Crippen molar-refractivity contribution in [3.05, 3.63) is 47.8 Å². The quantitative estimate of drug-likeness (QED) is 0.695. The van der Waals surface area contributed by atoms with E-state index >= 15 is 0 Å². The topological polar surface area (TPSA) is 45.5 Å². The van der Waals surface area contributed by atoms with E-state index in [-0.39, 0.29) is 0 Å². The fraction of sp³-hybridized carbons (Fsp3) is 0.412. The Labute approximate surface area is 131 Å². The van der Waals surface area contributed by atoms with Crippen LogP contribution in [0, 0.1) is 6.92 Å². The maximum atomic E-state index is 4.77. The summed E-state index contributed by atoms with van der Waals surface area (Å²) in [5.74, 6) is 0.969. The lowest BCUT2D eigenvalue weighted by atomic mass is 10.2. The van der Waals surface area contributed by atoms with Gasteiger partial charge in [-0.05, 0) is 37.5 Å². The Hall–Kier alpha value is -2.30. The van der Waals surface area contributed by atoms with Gasteiger partial charge in [0.25, 0.3) is 0 Å². The summed E-state index contributed by atoms with van der Waals surface area (Å²) >= 11 is 0. The molecule has 1 aromatic heterocycles. The summed E-state index contributed by atoms with van der Waals surface area (Å²) in [4.78, 5) is 7.05. The average Bonchev–Trinajstić information content (AvgIpc) is 3.13. The molecule has 0 radical (unpaired) electrons. The second-order valence-electron chi connectivity index (χ2n) is 5.55. The minimum Gasteiger partial charge on any atom is -0.356 e. The summed E-state index contributed by atoms with van der Waals surface area (Å²) in [7, 11) is 0. The molecule has 0 spiro atoms. The number of aryl methyl sites for hydroxylation is 1. The van der Waals surface area contributed by atoms with Gasteiger partial charge in [0, 0.05) is 25.0 Å². The molecule has 2 aromatic rings. The van der Waals surface area contributed by atoms with Gasteiger partial charge in [-0.15, -0.1) is 0 Å². The Morgan fingerprint density at radius 3 is 3.00 bits per heavy atom. The van der Waals surface area contributed by atoms with Crippen molar-refractivity contribution in [1.29, 1.82) is 0 Å². The molecule has 0 bridgehead atoms. The first-order chi connectivity index (χ1) is 10.8. The number of nitrogens with one attached hydrogen (secondary N) is 1. The molecule has 3 rings (SSSR count). The zero-order valence-electron chi connectivity index (χ0n) is 13.3. The summed E-state index contributed by atoms with van der Waals surface area (Å²) in [5.41, 5.74) is 3.86. The van der Waals surface area contributed by atoms with E-state index in [9.17, 15) is 0 Å². The van der Waals surface area contributed by atoms with Crippen LogP contribution in [0.25, 0.3) is 0 Å². The van der Waals surface area contributed by atoms with Crippen LogP contribution in [0.2, 0.25) is 0 Å². The van der Waals surface area contributed by atoms with Crippen molar-refractivity contribution < 1.29 is 0 Å². The molecule has 1 aliphatic rings. The van der Waals surface area contributed by atoms with Gasteiger partial charge in [0.15, 0.2) is 5.96 Å². The molecule has 116 valence electrons. The highest BCUT2D eigenvalue weighted by Crippen LogP contribution is 2.27. The van der Waals surface area contributed by atoms with Gasteiger partial charge in [0.2, 0.25) is 0 Å². The van der Waals surface area contributed by atoms with Crippen LogP contribution in [0.5, 0.6) is 0 Å². The molecular weight excluding hydrogens is 274 g/mol. The van der Waals surface area contributed by atoms with Gasteiger partial charge in [-0.1, -0.05) is 18.2 Å². The molecule has 0 saturated carbocycles. The number of rotatable bonds is 4. The van der Waals surface area contributed by atoms with Crippen molar-refractivity contribution in [3.63, 3.8) is 0 Å². The molecule has 5 nitrogen and oxygen atoms in total. The van der Waals surface area contributed by atoms with Gasteiger partial charge >= 0.3 is 0 Å². The monoisotopic (exact) mass is 297 g/mol. The lowest BCUT2D eigenvalue weighted by Crippen LogP contribution is -2.40. The Balaban J connectivity index is 1.71. The highest BCUT2D eigenvalue weighted by molar-refractivity contribution is 5.97. The number of nitrogens with zero attached hydrogens (tertiary/aromatic N) is 4. The van der Waals surface area contributed by atoms with E-state index in [1.165, 1.54) is 16.8 Å². The van der Waals surface area contributed by atoms with E-state index < -0.39 is 0 Å². The van der Waals surface area contributed by atoms with Gasteiger partial charge in [0.1, 0.15) is 0 Å². The van der Waals surface area contributed by atoms with Crippen molar-refractivity contribution in [2.75, 3.05) is 24.5 Å². The highest BCUT2D eigenvalue weighted by atomic mass is 15.3. The molecule has 5 heteroatoms. The molecule has 22 heavy (non-hydrogen) atoms. The van der Waals surface area contributed by atoms with Gasteiger partial charge in [0.05, 0.1) is 19.3 Å². The van der Waals surface area contributed by atoms with Gasteiger partial charge < -0.3 is 10.2 Å². The molecule has 0 amide bonds. The summed E-state index contributed by atoms with van der Waals surface area (Å²) in [5, 5.41) is 7.71. The number of aromatic nitrogens is 2. The number of hydrogen-bond acceptors (Lipinski definition) is 2. The second kappa shape index (κ2) is 6.64. The number of fused-ring (bicyclic) bond motifs is 1. The first-order valence-electron chi connectivity index (χ1n) is 7.90. The molecule has 0 aliphatic carbocycles. The predicted octanol–water partition coefficient (Wildman–Crippen LogP) is 2.22. The number of anilines is 1. The normalized spacial score (nSPS) is 14.3. The molecule has 1 aromatic carbocycles. The molecule has 0 fully saturated rings. The SMILES string of the molecule is CCNC(=NCCn1cc(C)cn1)N1CCc2ccccc21. The zero-order valence-corrected chi connectivity index (χ0v) is 13.3. The number of para-hydroxylation sites is 1. The van der Waals surface area contributed by atoms with E-state index in [0.29, 0.717) is 0 Å².